The summed E-state index contributed by atoms with van der Waals surface area (Å²) in [6, 6.07) is 13.6. The van der Waals surface area contributed by atoms with Gasteiger partial charge in [-0.15, -0.1) is 0 Å². The van der Waals surface area contributed by atoms with Gasteiger partial charge in [0.1, 0.15) is 5.75 Å². The van der Waals surface area contributed by atoms with Gasteiger partial charge in [-0.1, -0.05) is 24.3 Å². The van der Waals surface area contributed by atoms with E-state index in [2.05, 4.69) is 33.3 Å². The maximum absolute atomic E-state index is 12.4. The zero-order valence-corrected chi connectivity index (χ0v) is 16.8. The van der Waals surface area contributed by atoms with E-state index in [9.17, 15) is 9.59 Å². The van der Waals surface area contributed by atoms with Crippen LogP contribution < -0.4 is 10.1 Å². The summed E-state index contributed by atoms with van der Waals surface area (Å²) in [5.74, 6) is 0.898. The highest BCUT2D eigenvalue weighted by Crippen LogP contribution is 2.26. The summed E-state index contributed by atoms with van der Waals surface area (Å²) in [7, 11) is 0. The van der Waals surface area contributed by atoms with Gasteiger partial charge in [0.25, 0.3) is 0 Å². The molecule has 152 valence electrons. The number of ketones is 1. The van der Waals surface area contributed by atoms with Gasteiger partial charge >= 0.3 is 0 Å². The summed E-state index contributed by atoms with van der Waals surface area (Å²) in [5, 5.41) is 2.89. The Kier molecular flexibility index (Phi) is 5.92. The Morgan fingerprint density at radius 3 is 2.59 bits per heavy atom. The number of ether oxygens (including phenoxy) is 1. The largest absolute Gasteiger partial charge is 0.493 e. The number of nitrogens with zero attached hydrogens (tertiary/aromatic N) is 2. The summed E-state index contributed by atoms with van der Waals surface area (Å²) >= 11 is 0. The van der Waals surface area contributed by atoms with Gasteiger partial charge in [0, 0.05) is 44.7 Å². The molecule has 2 aliphatic heterocycles. The Bertz CT molecular complexity index is 904. The van der Waals surface area contributed by atoms with Crippen LogP contribution in [0.3, 0.4) is 0 Å². The lowest BCUT2D eigenvalue weighted by atomic mass is 10.1. The number of rotatable bonds is 6. The number of Topliss-reactive ketones (excluding diaryl/α,β-unsaturated/α-hetero) is 1. The fourth-order valence-corrected chi connectivity index (χ4v) is 3.99. The second kappa shape index (κ2) is 8.76. The molecule has 0 bridgehead atoms. The molecule has 2 aromatic rings. The first-order valence-electron chi connectivity index (χ1n) is 10.2. The number of carbonyl (C=O) groups is 2. The highest BCUT2D eigenvalue weighted by molar-refractivity contribution is 6.04. The smallest absolute Gasteiger partial charge is 0.238 e. The normalized spacial score (nSPS) is 16.9. The van der Waals surface area contributed by atoms with Gasteiger partial charge in [-0.3, -0.25) is 19.4 Å². The third-order valence-corrected chi connectivity index (χ3v) is 5.57. The zero-order chi connectivity index (χ0) is 20.2. The summed E-state index contributed by atoms with van der Waals surface area (Å²) in [6.07, 6.45) is 0.999. The van der Waals surface area contributed by atoms with Crippen LogP contribution in [0.2, 0.25) is 0 Å². The number of carbonyl (C=O) groups excluding carboxylic acids is 2. The van der Waals surface area contributed by atoms with Crippen LogP contribution >= 0.6 is 0 Å². The van der Waals surface area contributed by atoms with Gasteiger partial charge in [-0.05, 0) is 36.2 Å². The Morgan fingerprint density at radius 1 is 1.03 bits per heavy atom. The lowest BCUT2D eigenvalue weighted by Gasteiger charge is -2.34. The van der Waals surface area contributed by atoms with E-state index in [1.807, 2.05) is 6.07 Å². The Balaban J connectivity index is 1.26. The first-order chi connectivity index (χ1) is 14.1. The highest BCUT2D eigenvalue weighted by atomic mass is 16.5. The maximum atomic E-state index is 12.4. The predicted molar refractivity (Wildman–Crippen MR) is 112 cm³/mol. The van der Waals surface area contributed by atoms with Crippen molar-refractivity contribution in [1.29, 1.82) is 0 Å². The summed E-state index contributed by atoms with van der Waals surface area (Å²) in [6.45, 7) is 7.16. The van der Waals surface area contributed by atoms with Gasteiger partial charge in [-0.2, -0.15) is 0 Å². The quantitative estimate of drug-likeness (QED) is 0.765. The SMILES string of the molecule is CC(=O)c1ccccc1NC(=O)CN1CCN(Cc2ccc3c(c2)CCO3)CC1. The van der Waals surface area contributed by atoms with E-state index in [0.29, 0.717) is 17.8 Å². The van der Waals surface area contributed by atoms with Gasteiger partial charge in [-0.25, -0.2) is 0 Å². The van der Waals surface area contributed by atoms with Crippen LogP contribution in [0.1, 0.15) is 28.4 Å². The number of para-hydroxylation sites is 1. The molecule has 0 unspecified atom stereocenters. The molecule has 0 aliphatic carbocycles. The molecule has 6 nitrogen and oxygen atoms in total. The molecule has 6 heteroatoms. The fourth-order valence-electron chi connectivity index (χ4n) is 3.99. The summed E-state index contributed by atoms with van der Waals surface area (Å²) in [5.41, 5.74) is 3.76. The van der Waals surface area contributed by atoms with Crippen molar-refractivity contribution in [3.63, 3.8) is 0 Å². The highest BCUT2D eigenvalue weighted by Gasteiger charge is 2.20. The van der Waals surface area contributed by atoms with Crippen LogP contribution in [-0.2, 0) is 17.8 Å². The number of fused-ring (bicyclic) bond motifs is 1. The minimum atomic E-state index is -0.0780. The molecular formula is C23H27N3O3. The van der Waals surface area contributed by atoms with Crippen LogP contribution in [0.4, 0.5) is 5.69 Å². The van der Waals surface area contributed by atoms with Crippen LogP contribution in [-0.4, -0.2) is 60.8 Å². The standard InChI is InChI=1S/C23H27N3O3/c1-17(27)20-4-2-3-5-21(20)24-23(28)16-26-11-9-25(10-12-26)15-18-6-7-22-19(14-18)8-13-29-22/h2-7,14H,8-13,15-16H2,1H3,(H,24,28). The molecule has 1 saturated heterocycles. The molecule has 0 radical (unpaired) electrons. The summed E-state index contributed by atoms with van der Waals surface area (Å²) in [4.78, 5) is 28.8. The average Bonchev–Trinajstić information content (AvgIpc) is 3.17. The third kappa shape index (κ3) is 4.83. The second-order valence-corrected chi connectivity index (χ2v) is 7.74. The fraction of sp³-hybridized carbons (Fsp3) is 0.391. The molecule has 4 rings (SSSR count). The van der Waals surface area contributed by atoms with Crippen molar-refractivity contribution in [1.82, 2.24) is 9.80 Å². The zero-order valence-electron chi connectivity index (χ0n) is 16.8. The molecule has 0 atom stereocenters. The van der Waals surface area contributed by atoms with E-state index in [1.165, 1.54) is 18.1 Å². The van der Waals surface area contributed by atoms with Crippen molar-refractivity contribution in [2.24, 2.45) is 0 Å². The molecule has 0 saturated carbocycles. The van der Waals surface area contributed by atoms with Crippen molar-refractivity contribution in [3.8, 4) is 5.75 Å². The van der Waals surface area contributed by atoms with E-state index < -0.39 is 0 Å². The number of hydrogen-bond donors (Lipinski definition) is 1. The van der Waals surface area contributed by atoms with Gasteiger partial charge in [0.15, 0.2) is 5.78 Å². The Labute approximate surface area is 171 Å². The van der Waals surface area contributed by atoms with Gasteiger partial charge in [0.2, 0.25) is 5.91 Å². The topological polar surface area (TPSA) is 61.9 Å². The molecule has 2 aromatic carbocycles. The van der Waals surface area contributed by atoms with Crippen LogP contribution in [0, 0.1) is 0 Å². The second-order valence-electron chi connectivity index (χ2n) is 7.74. The van der Waals surface area contributed by atoms with Gasteiger partial charge in [0.05, 0.1) is 18.8 Å². The monoisotopic (exact) mass is 393 g/mol. The first kappa shape index (κ1) is 19.6. The Hall–Kier alpha value is -2.70. The predicted octanol–water partition coefficient (Wildman–Crippen LogP) is 2.58. The number of amides is 1. The first-order valence-corrected chi connectivity index (χ1v) is 10.2. The van der Waals surface area contributed by atoms with Crippen molar-refractivity contribution in [2.45, 2.75) is 19.9 Å². The number of piperazine rings is 1. The van der Waals surface area contributed by atoms with E-state index in [1.54, 1.807) is 18.2 Å². The van der Waals surface area contributed by atoms with E-state index >= 15 is 0 Å². The minimum Gasteiger partial charge on any atom is -0.493 e. The molecule has 0 aromatic heterocycles. The molecule has 1 N–H and O–H groups in total. The van der Waals surface area contributed by atoms with Gasteiger partial charge < -0.3 is 10.1 Å². The van der Waals surface area contributed by atoms with Crippen molar-refractivity contribution in [3.05, 3.63) is 59.2 Å². The van der Waals surface area contributed by atoms with Crippen LogP contribution in [0.5, 0.6) is 5.75 Å². The third-order valence-electron chi connectivity index (χ3n) is 5.57. The number of nitrogens with one attached hydrogen (secondary N) is 1. The summed E-state index contributed by atoms with van der Waals surface area (Å²) < 4.78 is 5.58. The lowest BCUT2D eigenvalue weighted by Crippen LogP contribution is -2.48. The number of anilines is 1. The minimum absolute atomic E-state index is 0.0485. The number of benzene rings is 2. The van der Waals surface area contributed by atoms with Crippen LogP contribution in [0.25, 0.3) is 0 Å². The number of hydrogen-bond acceptors (Lipinski definition) is 5. The molecule has 2 aliphatic rings. The lowest BCUT2D eigenvalue weighted by molar-refractivity contribution is -0.117. The molecule has 0 spiro atoms. The Morgan fingerprint density at radius 2 is 1.79 bits per heavy atom. The van der Waals surface area contributed by atoms with E-state index in [0.717, 1.165) is 51.5 Å². The van der Waals surface area contributed by atoms with Crippen LogP contribution in [0.15, 0.2) is 42.5 Å². The maximum Gasteiger partial charge on any atom is 0.238 e. The van der Waals surface area contributed by atoms with E-state index in [-0.39, 0.29) is 11.7 Å². The van der Waals surface area contributed by atoms with Crippen molar-refractivity contribution in [2.75, 3.05) is 44.6 Å². The molecule has 1 fully saturated rings. The molecule has 1 amide bonds. The van der Waals surface area contributed by atoms with Crippen molar-refractivity contribution < 1.29 is 14.3 Å². The average molecular weight is 393 g/mol. The molecule has 29 heavy (non-hydrogen) atoms. The molecule has 2 heterocycles. The van der Waals surface area contributed by atoms with Crippen molar-refractivity contribution >= 4 is 17.4 Å². The molecular weight excluding hydrogens is 366 g/mol. The van der Waals surface area contributed by atoms with E-state index in [4.69, 9.17) is 4.74 Å².